The Labute approximate surface area is 153 Å². The first-order valence-corrected chi connectivity index (χ1v) is 8.85. The molecule has 2 N–H and O–H groups in total. The van der Waals surface area contributed by atoms with E-state index in [0.29, 0.717) is 36.6 Å². The lowest BCUT2D eigenvalue weighted by molar-refractivity contribution is 0.0981. The molecule has 0 saturated heterocycles. The van der Waals surface area contributed by atoms with Gasteiger partial charge in [0.05, 0.1) is 5.69 Å². The zero-order valence-electron chi connectivity index (χ0n) is 14.9. The molecule has 0 atom stereocenters. The summed E-state index contributed by atoms with van der Waals surface area (Å²) in [6, 6.07) is 19.3. The second-order valence-corrected chi connectivity index (χ2v) is 6.10. The average Bonchev–Trinajstić information content (AvgIpc) is 2.66. The lowest BCUT2D eigenvalue weighted by Crippen LogP contribution is -2.10. The van der Waals surface area contributed by atoms with Crippen LogP contribution >= 0.6 is 0 Å². The van der Waals surface area contributed by atoms with Gasteiger partial charge in [-0.1, -0.05) is 43.3 Å². The van der Waals surface area contributed by atoms with Gasteiger partial charge < -0.3 is 15.2 Å². The molecule has 26 heavy (non-hydrogen) atoms. The molecule has 134 valence electrons. The number of hydrogen-bond acceptors (Lipinski definition) is 4. The summed E-state index contributed by atoms with van der Waals surface area (Å²) in [4.78, 5) is 11.9. The Hall–Kier alpha value is -3.01. The van der Waals surface area contributed by atoms with Crippen molar-refractivity contribution in [3.63, 3.8) is 0 Å². The number of hydrogen-bond donors (Lipinski definition) is 1. The van der Waals surface area contributed by atoms with Crippen molar-refractivity contribution in [3.05, 3.63) is 66.2 Å². The number of nitrogens with two attached hydrogens (primary N) is 1. The number of anilines is 1. The molecule has 0 aromatic heterocycles. The first kappa shape index (κ1) is 17.8. The number of nitrogen functional groups attached to an aromatic ring is 1. The highest BCUT2D eigenvalue weighted by molar-refractivity contribution is 5.97. The van der Waals surface area contributed by atoms with Gasteiger partial charge in [0.2, 0.25) is 0 Å². The smallest absolute Gasteiger partial charge is 0.162 e. The lowest BCUT2D eigenvalue weighted by Gasteiger charge is -2.12. The fourth-order valence-electron chi connectivity index (χ4n) is 2.85. The molecular weight excluding hydrogens is 326 g/mol. The first-order chi connectivity index (χ1) is 12.7. The van der Waals surface area contributed by atoms with E-state index in [9.17, 15) is 4.79 Å². The summed E-state index contributed by atoms with van der Waals surface area (Å²) < 4.78 is 11.6. The fourth-order valence-corrected chi connectivity index (χ4v) is 2.85. The number of Topliss-reactive ketones (excluding diaryl/α,β-unsaturated/α-hetero) is 1. The van der Waals surface area contributed by atoms with Crippen LogP contribution in [0.4, 0.5) is 5.69 Å². The molecule has 0 aliphatic heterocycles. The minimum atomic E-state index is 0.102. The van der Waals surface area contributed by atoms with Crippen molar-refractivity contribution in [1.82, 2.24) is 0 Å². The predicted molar refractivity (Wildman–Crippen MR) is 105 cm³/mol. The zero-order chi connectivity index (χ0) is 18.4. The Morgan fingerprint density at radius 2 is 1.65 bits per heavy atom. The minimum absolute atomic E-state index is 0.102. The highest BCUT2D eigenvalue weighted by Gasteiger charge is 2.08. The van der Waals surface area contributed by atoms with Gasteiger partial charge in [0.1, 0.15) is 24.7 Å². The first-order valence-electron chi connectivity index (χ1n) is 8.85. The van der Waals surface area contributed by atoms with Crippen molar-refractivity contribution < 1.29 is 14.3 Å². The molecule has 3 aromatic rings. The number of carbonyl (C=O) groups excluding carboxylic acids is 1. The van der Waals surface area contributed by atoms with Gasteiger partial charge in [-0.25, -0.2) is 0 Å². The van der Waals surface area contributed by atoms with E-state index < -0.39 is 0 Å². The average molecular weight is 349 g/mol. The molecule has 0 heterocycles. The topological polar surface area (TPSA) is 61.5 Å². The molecule has 3 rings (SSSR count). The molecule has 0 saturated carbocycles. The largest absolute Gasteiger partial charge is 0.489 e. The third kappa shape index (κ3) is 4.14. The quantitative estimate of drug-likeness (QED) is 0.358. The third-order valence-corrected chi connectivity index (χ3v) is 4.16. The normalized spacial score (nSPS) is 10.7. The number of ether oxygens (including phenoxy) is 2. The number of rotatable bonds is 8. The summed E-state index contributed by atoms with van der Waals surface area (Å²) in [6.45, 7) is 2.76. The number of carbonyl (C=O) groups is 1. The van der Waals surface area contributed by atoms with E-state index in [0.717, 1.165) is 22.9 Å². The third-order valence-electron chi connectivity index (χ3n) is 4.16. The van der Waals surface area contributed by atoms with Crippen molar-refractivity contribution in [2.75, 3.05) is 18.9 Å². The molecule has 0 unspecified atom stereocenters. The van der Waals surface area contributed by atoms with Crippen LogP contribution in [0.1, 0.15) is 30.1 Å². The summed E-state index contributed by atoms with van der Waals surface area (Å²) in [5.74, 6) is 1.50. The van der Waals surface area contributed by atoms with E-state index in [-0.39, 0.29) is 5.78 Å². The molecule has 0 radical (unpaired) electrons. The standard InChI is InChI=1S/C22H23NO3/c1-2-6-20(24)17-11-12-22(19(23)15-17)26-14-13-25-21-10-5-8-16-7-3-4-9-18(16)21/h3-5,7-12,15H,2,6,13-14,23H2,1H3. The Balaban J connectivity index is 1.57. The van der Waals surface area contributed by atoms with Gasteiger partial charge in [0.25, 0.3) is 0 Å². The maximum atomic E-state index is 11.9. The molecule has 0 aliphatic carbocycles. The van der Waals surface area contributed by atoms with E-state index in [1.165, 1.54) is 0 Å². The fraction of sp³-hybridized carbons (Fsp3) is 0.227. The highest BCUT2D eigenvalue weighted by atomic mass is 16.5. The van der Waals surface area contributed by atoms with Crippen molar-refractivity contribution >= 4 is 22.2 Å². The summed E-state index contributed by atoms with van der Waals surface area (Å²) in [5.41, 5.74) is 7.10. The van der Waals surface area contributed by atoms with Gasteiger partial charge in [-0.3, -0.25) is 4.79 Å². The van der Waals surface area contributed by atoms with Crippen LogP contribution in [0.2, 0.25) is 0 Å². The predicted octanol–water partition coefficient (Wildman–Crippen LogP) is 4.86. The summed E-state index contributed by atoms with van der Waals surface area (Å²) in [6.07, 6.45) is 1.35. The molecule has 0 aliphatic rings. The second kappa shape index (κ2) is 8.39. The van der Waals surface area contributed by atoms with Crippen molar-refractivity contribution in [2.45, 2.75) is 19.8 Å². The van der Waals surface area contributed by atoms with Crippen LogP contribution in [0.25, 0.3) is 10.8 Å². The Morgan fingerprint density at radius 3 is 2.42 bits per heavy atom. The SMILES string of the molecule is CCCC(=O)c1ccc(OCCOc2cccc3ccccc23)c(N)c1. The zero-order valence-corrected chi connectivity index (χ0v) is 14.9. The maximum absolute atomic E-state index is 11.9. The van der Waals surface area contributed by atoms with Crippen LogP contribution in [-0.4, -0.2) is 19.0 Å². The Bertz CT molecular complexity index is 900. The molecule has 0 spiro atoms. The highest BCUT2D eigenvalue weighted by Crippen LogP contribution is 2.26. The summed E-state index contributed by atoms with van der Waals surface area (Å²) in [7, 11) is 0. The monoisotopic (exact) mass is 349 g/mol. The van der Waals surface area contributed by atoms with Gasteiger partial charge in [-0.05, 0) is 36.1 Å². The van der Waals surface area contributed by atoms with Crippen LogP contribution in [-0.2, 0) is 0 Å². The van der Waals surface area contributed by atoms with E-state index in [2.05, 4.69) is 12.1 Å². The molecule has 0 fully saturated rings. The summed E-state index contributed by atoms with van der Waals surface area (Å²) >= 11 is 0. The van der Waals surface area contributed by atoms with Gasteiger partial charge in [-0.2, -0.15) is 0 Å². The van der Waals surface area contributed by atoms with Crippen molar-refractivity contribution in [2.24, 2.45) is 0 Å². The van der Waals surface area contributed by atoms with Crippen LogP contribution in [0.3, 0.4) is 0 Å². The molecule has 3 aromatic carbocycles. The molecule has 4 heteroatoms. The second-order valence-electron chi connectivity index (χ2n) is 6.10. The van der Waals surface area contributed by atoms with Crippen molar-refractivity contribution in [3.8, 4) is 11.5 Å². The van der Waals surface area contributed by atoms with E-state index in [4.69, 9.17) is 15.2 Å². The van der Waals surface area contributed by atoms with Gasteiger partial charge >= 0.3 is 0 Å². The number of benzene rings is 3. The van der Waals surface area contributed by atoms with Gasteiger partial charge in [0.15, 0.2) is 5.78 Å². The van der Waals surface area contributed by atoms with Gasteiger partial charge in [-0.15, -0.1) is 0 Å². The van der Waals surface area contributed by atoms with Gasteiger partial charge in [0, 0.05) is 17.4 Å². The number of ketones is 1. The summed E-state index contributed by atoms with van der Waals surface area (Å²) in [5, 5.41) is 2.22. The Kier molecular flexibility index (Phi) is 5.74. The minimum Gasteiger partial charge on any atom is -0.489 e. The number of fused-ring (bicyclic) bond motifs is 1. The van der Waals surface area contributed by atoms with E-state index in [1.54, 1.807) is 18.2 Å². The van der Waals surface area contributed by atoms with E-state index in [1.807, 2.05) is 37.3 Å². The van der Waals surface area contributed by atoms with Crippen LogP contribution in [0.15, 0.2) is 60.7 Å². The maximum Gasteiger partial charge on any atom is 0.162 e. The molecular formula is C22H23NO3. The van der Waals surface area contributed by atoms with Crippen LogP contribution in [0, 0.1) is 0 Å². The van der Waals surface area contributed by atoms with Crippen molar-refractivity contribution in [1.29, 1.82) is 0 Å². The van der Waals surface area contributed by atoms with E-state index >= 15 is 0 Å². The lowest BCUT2D eigenvalue weighted by atomic mass is 10.1. The molecule has 0 bridgehead atoms. The van der Waals surface area contributed by atoms with Crippen LogP contribution < -0.4 is 15.2 Å². The Morgan fingerprint density at radius 1 is 0.923 bits per heavy atom. The molecule has 4 nitrogen and oxygen atoms in total. The molecule has 0 amide bonds. The van der Waals surface area contributed by atoms with Crippen LogP contribution in [0.5, 0.6) is 11.5 Å².